The largest absolute Gasteiger partial charge is 0.492 e. The van der Waals surface area contributed by atoms with E-state index in [0.717, 1.165) is 65.5 Å². The predicted molar refractivity (Wildman–Crippen MR) is 156 cm³/mol. The lowest BCUT2D eigenvalue weighted by Gasteiger charge is -2.56. The monoisotopic (exact) mass is 538 g/mol. The second-order valence-electron chi connectivity index (χ2n) is 11.2. The van der Waals surface area contributed by atoms with Crippen molar-refractivity contribution >= 4 is 29.1 Å². The van der Waals surface area contributed by atoms with Crippen molar-refractivity contribution in [2.24, 2.45) is 10.9 Å². The van der Waals surface area contributed by atoms with E-state index in [1.807, 2.05) is 29.2 Å². The van der Waals surface area contributed by atoms with Gasteiger partial charge in [-0.3, -0.25) is 10.00 Å². The second kappa shape index (κ2) is 10.1. The van der Waals surface area contributed by atoms with Gasteiger partial charge in [0.15, 0.2) is 5.65 Å². The van der Waals surface area contributed by atoms with Gasteiger partial charge in [-0.05, 0) is 57.0 Å². The summed E-state index contributed by atoms with van der Waals surface area (Å²) in [6.45, 7) is 9.35. The van der Waals surface area contributed by atoms with Crippen molar-refractivity contribution in [3.05, 3.63) is 60.4 Å². The average molecular weight is 539 g/mol. The topological polar surface area (TPSA) is 96.2 Å². The Morgan fingerprint density at radius 1 is 1.20 bits per heavy atom. The molecule has 7 heterocycles. The zero-order chi connectivity index (χ0) is 27.2. The summed E-state index contributed by atoms with van der Waals surface area (Å²) in [6, 6.07) is 7.49. The van der Waals surface area contributed by atoms with Crippen molar-refractivity contribution in [3.8, 4) is 16.9 Å². The van der Waals surface area contributed by atoms with Crippen LogP contribution in [0.15, 0.2) is 65.4 Å². The number of aromatic amines is 1. The zero-order valence-corrected chi connectivity index (χ0v) is 23.0. The summed E-state index contributed by atoms with van der Waals surface area (Å²) in [4.78, 5) is 13.8. The van der Waals surface area contributed by atoms with Crippen LogP contribution in [-0.4, -0.2) is 81.8 Å². The SMILES string of the molecule is C=N/C(=C\C=C(/C)CN1C2CC1CN(c1ccc(-c3cc(OCC4CC4)cn4nc5[nH]ncc5c34)cn1)C2)OC. The Kier molecular flexibility index (Phi) is 6.27. The molecule has 0 aromatic carbocycles. The molecule has 3 saturated heterocycles. The van der Waals surface area contributed by atoms with Gasteiger partial charge in [-0.1, -0.05) is 11.6 Å². The molecule has 1 N–H and O–H groups in total. The fourth-order valence-corrected chi connectivity index (χ4v) is 5.94. The van der Waals surface area contributed by atoms with Gasteiger partial charge in [-0.2, -0.15) is 5.10 Å². The van der Waals surface area contributed by atoms with E-state index >= 15 is 0 Å². The molecule has 2 atom stereocenters. The molecule has 0 amide bonds. The first-order valence-corrected chi connectivity index (χ1v) is 13.9. The molecule has 8 rings (SSSR count). The van der Waals surface area contributed by atoms with E-state index in [1.165, 1.54) is 24.8 Å². The van der Waals surface area contributed by atoms with E-state index in [1.54, 1.807) is 7.11 Å². The number of rotatable bonds is 10. The van der Waals surface area contributed by atoms with E-state index in [4.69, 9.17) is 14.5 Å². The molecule has 10 heteroatoms. The molecule has 206 valence electrons. The van der Waals surface area contributed by atoms with E-state index in [9.17, 15) is 0 Å². The van der Waals surface area contributed by atoms with Crippen LogP contribution in [0.25, 0.3) is 27.7 Å². The highest BCUT2D eigenvalue weighted by atomic mass is 16.5. The van der Waals surface area contributed by atoms with Gasteiger partial charge in [-0.25, -0.2) is 14.5 Å². The lowest BCUT2D eigenvalue weighted by atomic mass is 9.86. The third-order valence-corrected chi connectivity index (χ3v) is 8.32. The van der Waals surface area contributed by atoms with E-state index < -0.39 is 0 Å². The van der Waals surface area contributed by atoms with E-state index in [2.05, 4.69) is 68.0 Å². The Balaban J connectivity index is 1.08. The first-order valence-electron chi connectivity index (χ1n) is 13.9. The third-order valence-electron chi connectivity index (χ3n) is 8.32. The van der Waals surface area contributed by atoms with Gasteiger partial charge < -0.3 is 14.4 Å². The van der Waals surface area contributed by atoms with Gasteiger partial charge in [0.2, 0.25) is 5.88 Å². The van der Waals surface area contributed by atoms with Gasteiger partial charge in [0.05, 0.1) is 37.0 Å². The molecule has 1 saturated carbocycles. The zero-order valence-electron chi connectivity index (χ0n) is 23.0. The van der Waals surface area contributed by atoms with Crippen molar-refractivity contribution in [2.75, 3.05) is 38.3 Å². The summed E-state index contributed by atoms with van der Waals surface area (Å²) in [6.07, 6.45) is 13.5. The van der Waals surface area contributed by atoms with Crippen molar-refractivity contribution in [2.45, 2.75) is 38.3 Å². The standard InChI is InChI=1S/C30H34N8O2/c1-19(4-9-28(31-2)39-3)14-37-22-10-23(37)16-36(15-22)27-8-7-21(12-32-27)25-11-24(40-18-20-5-6-20)17-38-29(25)26-13-33-34-30(26)35-38/h4,7-9,11-13,17,20,22-23H,2,5-6,10,14-16,18H2,1,3H3,(H,34,35)/b19-4+,28-9+. The van der Waals surface area contributed by atoms with E-state index in [-0.39, 0.29) is 0 Å². The minimum atomic E-state index is 0.532. The minimum Gasteiger partial charge on any atom is -0.492 e. The summed E-state index contributed by atoms with van der Waals surface area (Å²) < 4.78 is 13.2. The number of H-pyrrole nitrogens is 1. The number of hydrogen-bond acceptors (Lipinski definition) is 8. The number of aromatic nitrogens is 5. The fraction of sp³-hybridized carbons (Fsp3) is 0.400. The molecule has 4 aromatic rings. The first kappa shape index (κ1) is 24.8. The van der Waals surface area contributed by atoms with Crippen molar-refractivity contribution < 1.29 is 9.47 Å². The Labute approximate surface area is 233 Å². The fourth-order valence-electron chi connectivity index (χ4n) is 5.94. The van der Waals surface area contributed by atoms with Gasteiger partial charge in [0.1, 0.15) is 11.6 Å². The average Bonchev–Trinajstić information content (AvgIpc) is 3.60. The molecule has 4 aromatic heterocycles. The first-order chi connectivity index (χ1) is 19.6. The second-order valence-corrected chi connectivity index (χ2v) is 11.2. The molecular formula is C30H34N8O2. The third kappa shape index (κ3) is 4.62. The molecule has 0 radical (unpaired) electrons. The summed E-state index contributed by atoms with van der Waals surface area (Å²) in [5.41, 5.74) is 5.14. The van der Waals surface area contributed by atoms with Crippen molar-refractivity contribution in [3.63, 3.8) is 0 Å². The molecule has 4 aliphatic rings. The number of aliphatic imine (C=N–C) groups is 1. The Bertz CT molecular complexity index is 1600. The highest BCUT2D eigenvalue weighted by Crippen LogP contribution is 2.37. The molecule has 2 unspecified atom stereocenters. The summed E-state index contributed by atoms with van der Waals surface area (Å²) in [7, 11) is 1.61. The number of nitrogens with one attached hydrogen (secondary N) is 1. The number of piperazine rings is 1. The molecule has 2 bridgehead atoms. The Hall–Kier alpha value is -4.18. The van der Waals surface area contributed by atoms with Gasteiger partial charge in [0.25, 0.3) is 0 Å². The minimum absolute atomic E-state index is 0.532. The summed E-state index contributed by atoms with van der Waals surface area (Å²) >= 11 is 0. The molecular weight excluding hydrogens is 504 g/mol. The highest BCUT2D eigenvalue weighted by Gasteiger charge is 2.44. The van der Waals surface area contributed by atoms with Crippen molar-refractivity contribution in [1.82, 2.24) is 29.7 Å². The molecule has 3 aliphatic heterocycles. The van der Waals surface area contributed by atoms with Crippen LogP contribution in [0.3, 0.4) is 0 Å². The van der Waals surface area contributed by atoms with Gasteiger partial charge in [-0.15, -0.1) is 5.10 Å². The molecule has 0 spiro atoms. The number of pyridine rings is 2. The van der Waals surface area contributed by atoms with Crippen LogP contribution >= 0.6 is 0 Å². The smallest absolute Gasteiger partial charge is 0.212 e. The van der Waals surface area contributed by atoms with Crippen LogP contribution in [0, 0.1) is 5.92 Å². The molecule has 10 nitrogen and oxygen atoms in total. The molecule has 40 heavy (non-hydrogen) atoms. The maximum absolute atomic E-state index is 6.14. The highest BCUT2D eigenvalue weighted by molar-refractivity contribution is 6.00. The van der Waals surface area contributed by atoms with Crippen LogP contribution < -0.4 is 9.64 Å². The van der Waals surface area contributed by atoms with Gasteiger partial charge >= 0.3 is 0 Å². The predicted octanol–water partition coefficient (Wildman–Crippen LogP) is 4.46. The summed E-state index contributed by atoms with van der Waals surface area (Å²) in [5.74, 6) is 3.06. The lowest BCUT2D eigenvalue weighted by Crippen LogP contribution is -2.69. The van der Waals surface area contributed by atoms with Crippen LogP contribution in [0.4, 0.5) is 5.82 Å². The number of fused-ring (bicyclic) bond motifs is 5. The normalized spacial score (nSPS) is 21.6. The molecule has 4 fully saturated rings. The number of nitrogens with zero attached hydrogens (tertiary/aromatic N) is 7. The van der Waals surface area contributed by atoms with Crippen LogP contribution in [0.1, 0.15) is 26.2 Å². The van der Waals surface area contributed by atoms with Gasteiger partial charge in [0, 0.05) is 55.1 Å². The number of piperidine rings is 1. The summed E-state index contributed by atoms with van der Waals surface area (Å²) in [5, 5.41) is 12.9. The maximum Gasteiger partial charge on any atom is 0.212 e. The van der Waals surface area contributed by atoms with Crippen LogP contribution in [-0.2, 0) is 4.74 Å². The maximum atomic E-state index is 6.14. The van der Waals surface area contributed by atoms with Crippen LogP contribution in [0.2, 0.25) is 0 Å². The number of methoxy groups -OCH3 is 1. The molecule has 1 aliphatic carbocycles. The number of hydrogen-bond donors (Lipinski definition) is 1. The van der Waals surface area contributed by atoms with Crippen molar-refractivity contribution in [1.29, 1.82) is 0 Å². The number of allylic oxidation sites excluding steroid dienone is 2. The Morgan fingerprint density at radius 2 is 2.05 bits per heavy atom. The quantitative estimate of drug-likeness (QED) is 0.181. The lowest BCUT2D eigenvalue weighted by molar-refractivity contribution is 0.00814. The van der Waals surface area contributed by atoms with Crippen LogP contribution in [0.5, 0.6) is 5.75 Å². The Morgan fingerprint density at radius 3 is 2.77 bits per heavy atom. The number of anilines is 1. The van der Waals surface area contributed by atoms with E-state index in [0.29, 0.717) is 23.9 Å². The number of ether oxygens (including phenoxy) is 2.